The van der Waals surface area contributed by atoms with Crippen LogP contribution >= 0.6 is 15.9 Å². The predicted molar refractivity (Wildman–Crippen MR) is 45.8 cm³/mol. The lowest BCUT2D eigenvalue weighted by molar-refractivity contribution is 0.0972. The van der Waals surface area contributed by atoms with Crippen molar-refractivity contribution in [2.45, 2.75) is 19.3 Å². The van der Waals surface area contributed by atoms with E-state index in [2.05, 4.69) is 20.9 Å². The smallest absolute Gasteiger partial charge is 0.165 e. The summed E-state index contributed by atoms with van der Waals surface area (Å²) in [7, 11) is 0. The molecule has 0 unspecified atom stereocenters. The van der Waals surface area contributed by atoms with Gasteiger partial charge in [0.05, 0.1) is 5.56 Å². The van der Waals surface area contributed by atoms with Gasteiger partial charge in [0.2, 0.25) is 0 Å². The third-order valence-corrected chi connectivity index (χ3v) is 2.65. The summed E-state index contributed by atoms with van der Waals surface area (Å²) in [5.41, 5.74) is 1.96. The number of H-pyrrole nitrogens is 1. The zero-order valence-electron chi connectivity index (χ0n) is 5.98. The van der Waals surface area contributed by atoms with Gasteiger partial charge in [-0.25, -0.2) is 0 Å². The molecule has 0 saturated heterocycles. The molecule has 0 aliphatic heterocycles. The van der Waals surface area contributed by atoms with Gasteiger partial charge in [0, 0.05) is 22.8 Å². The van der Waals surface area contributed by atoms with Gasteiger partial charge < -0.3 is 4.98 Å². The van der Waals surface area contributed by atoms with Crippen molar-refractivity contribution in [3.8, 4) is 0 Å². The van der Waals surface area contributed by atoms with E-state index in [1.807, 2.05) is 6.20 Å². The SMILES string of the molecule is O=C1CCCc2[nH]cc(Br)c21. The molecule has 2 rings (SSSR count). The van der Waals surface area contributed by atoms with E-state index < -0.39 is 0 Å². The fraction of sp³-hybridized carbons (Fsp3) is 0.375. The summed E-state index contributed by atoms with van der Waals surface area (Å²) >= 11 is 3.34. The maximum Gasteiger partial charge on any atom is 0.165 e. The number of halogens is 1. The summed E-state index contributed by atoms with van der Waals surface area (Å²) < 4.78 is 0.914. The van der Waals surface area contributed by atoms with Crippen molar-refractivity contribution < 1.29 is 4.79 Å². The molecule has 0 spiro atoms. The van der Waals surface area contributed by atoms with Crippen LogP contribution in [0.25, 0.3) is 0 Å². The number of Topliss-reactive ketones (excluding diaryl/α,β-unsaturated/α-hetero) is 1. The maximum atomic E-state index is 11.3. The van der Waals surface area contributed by atoms with Gasteiger partial charge in [0.25, 0.3) is 0 Å². The molecule has 3 heteroatoms. The minimum atomic E-state index is 0.263. The number of nitrogens with one attached hydrogen (secondary N) is 1. The molecule has 11 heavy (non-hydrogen) atoms. The van der Waals surface area contributed by atoms with E-state index in [0.717, 1.165) is 28.6 Å². The Morgan fingerprint density at radius 3 is 3.00 bits per heavy atom. The van der Waals surface area contributed by atoms with Gasteiger partial charge in [-0.15, -0.1) is 0 Å². The van der Waals surface area contributed by atoms with E-state index in [-0.39, 0.29) is 5.78 Å². The molecule has 1 heterocycles. The Hall–Kier alpha value is -0.570. The molecule has 0 bridgehead atoms. The highest BCUT2D eigenvalue weighted by Gasteiger charge is 2.20. The van der Waals surface area contributed by atoms with Crippen LogP contribution in [-0.2, 0) is 6.42 Å². The highest BCUT2D eigenvalue weighted by atomic mass is 79.9. The van der Waals surface area contributed by atoms with Crippen molar-refractivity contribution in [1.29, 1.82) is 0 Å². The molecule has 1 N–H and O–H groups in total. The molecule has 1 aromatic rings. The van der Waals surface area contributed by atoms with Crippen molar-refractivity contribution in [3.05, 3.63) is 21.9 Å². The molecular formula is C8H8BrNO. The quantitative estimate of drug-likeness (QED) is 0.706. The topological polar surface area (TPSA) is 32.9 Å². The highest BCUT2D eigenvalue weighted by molar-refractivity contribution is 9.10. The van der Waals surface area contributed by atoms with E-state index in [4.69, 9.17) is 0 Å². The lowest BCUT2D eigenvalue weighted by atomic mass is 9.97. The first-order chi connectivity index (χ1) is 5.29. The molecular weight excluding hydrogens is 206 g/mol. The van der Waals surface area contributed by atoms with Gasteiger partial charge in [0.15, 0.2) is 5.78 Å². The fourth-order valence-corrected chi connectivity index (χ4v) is 2.06. The number of aryl methyl sites for hydroxylation is 1. The molecule has 58 valence electrons. The third-order valence-electron chi connectivity index (χ3n) is 2.02. The van der Waals surface area contributed by atoms with Crippen molar-refractivity contribution in [2.24, 2.45) is 0 Å². The third kappa shape index (κ3) is 1.03. The molecule has 2 nitrogen and oxygen atoms in total. The fourth-order valence-electron chi connectivity index (χ4n) is 1.49. The second-order valence-electron chi connectivity index (χ2n) is 2.77. The summed E-state index contributed by atoms with van der Waals surface area (Å²) in [6.07, 6.45) is 4.53. The van der Waals surface area contributed by atoms with Crippen LogP contribution in [0.5, 0.6) is 0 Å². The van der Waals surface area contributed by atoms with Crippen molar-refractivity contribution in [3.63, 3.8) is 0 Å². The van der Waals surface area contributed by atoms with Crippen LogP contribution in [-0.4, -0.2) is 10.8 Å². The Balaban J connectivity index is 2.56. The molecule has 0 amide bonds. The van der Waals surface area contributed by atoms with Crippen LogP contribution in [0.3, 0.4) is 0 Å². The number of hydrogen-bond donors (Lipinski definition) is 1. The van der Waals surface area contributed by atoms with Gasteiger partial charge in [-0.1, -0.05) is 0 Å². The van der Waals surface area contributed by atoms with Gasteiger partial charge in [-0.2, -0.15) is 0 Å². The van der Waals surface area contributed by atoms with Gasteiger partial charge in [-0.3, -0.25) is 4.79 Å². The van der Waals surface area contributed by atoms with Gasteiger partial charge in [0.1, 0.15) is 0 Å². The maximum absolute atomic E-state index is 11.3. The van der Waals surface area contributed by atoms with E-state index in [0.29, 0.717) is 6.42 Å². The summed E-state index contributed by atoms with van der Waals surface area (Å²) in [5, 5.41) is 0. The number of rotatable bonds is 0. The van der Waals surface area contributed by atoms with Crippen LogP contribution in [0.2, 0.25) is 0 Å². The summed E-state index contributed by atoms with van der Waals surface area (Å²) in [5.74, 6) is 0.263. The van der Waals surface area contributed by atoms with Crippen molar-refractivity contribution in [1.82, 2.24) is 4.98 Å². The van der Waals surface area contributed by atoms with Crippen LogP contribution in [0, 0.1) is 0 Å². The van der Waals surface area contributed by atoms with Crippen LogP contribution in [0.15, 0.2) is 10.7 Å². The number of hydrogen-bond acceptors (Lipinski definition) is 1. The molecule has 0 saturated carbocycles. The Labute approximate surface area is 73.1 Å². The minimum Gasteiger partial charge on any atom is -0.363 e. The Kier molecular flexibility index (Phi) is 1.60. The average Bonchev–Trinajstić information content (AvgIpc) is 2.34. The molecule has 1 aliphatic carbocycles. The lowest BCUT2D eigenvalue weighted by Gasteiger charge is -2.09. The molecule has 0 fully saturated rings. The Morgan fingerprint density at radius 1 is 1.45 bits per heavy atom. The molecule has 0 atom stereocenters. The number of aromatic nitrogens is 1. The molecule has 0 aromatic carbocycles. The van der Waals surface area contributed by atoms with Crippen molar-refractivity contribution in [2.75, 3.05) is 0 Å². The Bertz CT molecular complexity index is 303. The number of carbonyl (C=O) groups excluding carboxylic acids is 1. The van der Waals surface area contributed by atoms with E-state index in [9.17, 15) is 4.79 Å². The van der Waals surface area contributed by atoms with Crippen LogP contribution in [0.4, 0.5) is 0 Å². The molecule has 1 aliphatic rings. The summed E-state index contributed by atoms with van der Waals surface area (Å²) in [6, 6.07) is 0. The van der Waals surface area contributed by atoms with Crippen molar-refractivity contribution >= 4 is 21.7 Å². The van der Waals surface area contributed by atoms with Crippen LogP contribution in [0.1, 0.15) is 28.9 Å². The standard InChI is InChI=1S/C8H8BrNO/c9-5-4-10-6-2-1-3-7(11)8(5)6/h4,10H,1-3H2. The summed E-state index contributed by atoms with van der Waals surface area (Å²) in [4.78, 5) is 14.4. The monoisotopic (exact) mass is 213 g/mol. The largest absolute Gasteiger partial charge is 0.363 e. The highest BCUT2D eigenvalue weighted by Crippen LogP contribution is 2.27. The normalized spacial score (nSPS) is 16.6. The first kappa shape index (κ1) is 7.10. The zero-order chi connectivity index (χ0) is 7.84. The van der Waals surface area contributed by atoms with E-state index >= 15 is 0 Å². The average molecular weight is 214 g/mol. The van der Waals surface area contributed by atoms with E-state index in [1.54, 1.807) is 0 Å². The number of ketones is 1. The zero-order valence-corrected chi connectivity index (χ0v) is 7.57. The Morgan fingerprint density at radius 2 is 2.27 bits per heavy atom. The predicted octanol–water partition coefficient (Wildman–Crippen LogP) is 2.30. The first-order valence-corrected chi connectivity index (χ1v) is 4.47. The molecule has 0 radical (unpaired) electrons. The van der Waals surface area contributed by atoms with Gasteiger partial charge in [-0.05, 0) is 28.8 Å². The number of carbonyl (C=O) groups is 1. The molecule has 1 aromatic heterocycles. The first-order valence-electron chi connectivity index (χ1n) is 3.68. The number of aromatic amines is 1. The van der Waals surface area contributed by atoms with Crippen LogP contribution < -0.4 is 0 Å². The summed E-state index contributed by atoms with van der Waals surface area (Å²) in [6.45, 7) is 0. The van der Waals surface area contributed by atoms with Gasteiger partial charge >= 0.3 is 0 Å². The number of fused-ring (bicyclic) bond motifs is 1. The van der Waals surface area contributed by atoms with E-state index in [1.165, 1.54) is 0 Å². The second kappa shape index (κ2) is 2.48. The second-order valence-corrected chi connectivity index (χ2v) is 3.62. The lowest BCUT2D eigenvalue weighted by Crippen LogP contribution is -2.09. The minimum absolute atomic E-state index is 0.263.